The molecule has 0 spiro atoms. The lowest BCUT2D eigenvalue weighted by molar-refractivity contribution is 0.0930. The first-order valence-corrected chi connectivity index (χ1v) is 7.87. The first kappa shape index (κ1) is 11.5. The van der Waals surface area contributed by atoms with Crippen LogP contribution in [0.2, 0.25) is 0 Å². The van der Waals surface area contributed by atoms with E-state index in [-0.39, 0.29) is 5.91 Å². The Kier molecular flexibility index (Phi) is 3.10. The van der Waals surface area contributed by atoms with Crippen molar-refractivity contribution in [3.05, 3.63) is 11.2 Å². The second-order valence-electron chi connectivity index (χ2n) is 4.55. The molecule has 1 aromatic rings. The normalized spacial score (nSPS) is 30.8. The van der Waals surface area contributed by atoms with Gasteiger partial charge in [0.15, 0.2) is 5.01 Å². The number of hydrogen-bond donors (Lipinski definition) is 2. The number of nitrogens with one attached hydrogen (secondary N) is 2. The van der Waals surface area contributed by atoms with Gasteiger partial charge in [-0.1, -0.05) is 0 Å². The molecule has 6 heteroatoms. The topological polar surface area (TPSA) is 54.0 Å². The van der Waals surface area contributed by atoms with E-state index in [4.69, 9.17) is 0 Å². The van der Waals surface area contributed by atoms with Gasteiger partial charge >= 0.3 is 0 Å². The van der Waals surface area contributed by atoms with Crippen molar-refractivity contribution < 1.29 is 4.79 Å². The number of carbonyl (C=O) groups is 1. The van der Waals surface area contributed by atoms with Crippen LogP contribution in [-0.4, -0.2) is 35.3 Å². The number of aromatic nitrogens is 1. The molecule has 2 aliphatic heterocycles. The van der Waals surface area contributed by atoms with Gasteiger partial charge in [-0.15, -0.1) is 23.1 Å². The molecular formula is C11H15N3OS2. The lowest BCUT2D eigenvalue weighted by atomic mass is 9.95. The predicted molar refractivity (Wildman–Crippen MR) is 69.7 cm³/mol. The zero-order valence-electron chi connectivity index (χ0n) is 9.60. The smallest absolute Gasteiger partial charge is 0.280 e. The molecule has 0 aromatic carbocycles. The third-order valence-corrected chi connectivity index (χ3v) is 5.54. The van der Waals surface area contributed by atoms with Crippen LogP contribution in [0.15, 0.2) is 10.4 Å². The molecule has 2 saturated heterocycles. The van der Waals surface area contributed by atoms with Gasteiger partial charge in [0.2, 0.25) is 0 Å². The summed E-state index contributed by atoms with van der Waals surface area (Å²) in [5.41, 5.74) is 0. The third-order valence-electron chi connectivity index (χ3n) is 3.50. The van der Waals surface area contributed by atoms with Gasteiger partial charge in [0.1, 0.15) is 0 Å². The molecule has 3 rings (SSSR count). The SMILES string of the molecule is CSc1cnc(C(=O)N[C@@H]2C[C@H]3CC[C@@H]2N3)s1. The molecule has 4 nitrogen and oxygen atoms in total. The predicted octanol–water partition coefficient (Wildman–Crippen LogP) is 1.49. The molecule has 2 aliphatic rings. The number of thioether (sulfide) groups is 1. The minimum Gasteiger partial charge on any atom is -0.346 e. The van der Waals surface area contributed by atoms with Crippen LogP contribution in [0.4, 0.5) is 0 Å². The van der Waals surface area contributed by atoms with Crippen molar-refractivity contribution in [2.75, 3.05) is 6.26 Å². The number of carbonyl (C=O) groups excluding carboxylic acids is 1. The number of rotatable bonds is 3. The average Bonchev–Trinajstić information content (AvgIpc) is 3.04. The van der Waals surface area contributed by atoms with Crippen LogP contribution in [0.3, 0.4) is 0 Å². The van der Waals surface area contributed by atoms with Crippen molar-refractivity contribution in [1.82, 2.24) is 15.6 Å². The van der Waals surface area contributed by atoms with Crippen LogP contribution in [0.25, 0.3) is 0 Å². The van der Waals surface area contributed by atoms with Crippen LogP contribution in [0, 0.1) is 0 Å². The monoisotopic (exact) mass is 269 g/mol. The van der Waals surface area contributed by atoms with Gasteiger partial charge in [0.25, 0.3) is 5.91 Å². The number of thiazole rings is 1. The highest BCUT2D eigenvalue weighted by Crippen LogP contribution is 2.29. The summed E-state index contributed by atoms with van der Waals surface area (Å²) in [5, 5.41) is 7.20. The van der Waals surface area contributed by atoms with E-state index in [2.05, 4.69) is 15.6 Å². The largest absolute Gasteiger partial charge is 0.346 e. The van der Waals surface area contributed by atoms with Crippen LogP contribution < -0.4 is 10.6 Å². The van der Waals surface area contributed by atoms with Crippen LogP contribution >= 0.6 is 23.1 Å². The minimum atomic E-state index is -0.0188. The fourth-order valence-electron chi connectivity index (χ4n) is 2.67. The zero-order valence-corrected chi connectivity index (χ0v) is 11.2. The maximum absolute atomic E-state index is 12.0. The molecule has 3 heterocycles. The maximum Gasteiger partial charge on any atom is 0.280 e. The molecule has 2 N–H and O–H groups in total. The van der Waals surface area contributed by atoms with E-state index >= 15 is 0 Å². The first-order valence-electron chi connectivity index (χ1n) is 5.83. The summed E-state index contributed by atoms with van der Waals surface area (Å²) in [5.74, 6) is -0.0188. The molecule has 1 amide bonds. The number of fused-ring (bicyclic) bond motifs is 2. The van der Waals surface area contributed by atoms with E-state index in [0.717, 1.165) is 10.6 Å². The molecule has 92 valence electrons. The van der Waals surface area contributed by atoms with E-state index in [9.17, 15) is 4.79 Å². The van der Waals surface area contributed by atoms with Gasteiger partial charge in [-0.05, 0) is 25.5 Å². The molecule has 0 aliphatic carbocycles. The van der Waals surface area contributed by atoms with Gasteiger partial charge in [0, 0.05) is 18.1 Å². The summed E-state index contributed by atoms with van der Waals surface area (Å²) in [6.45, 7) is 0. The Hall–Kier alpha value is -0.590. The number of amides is 1. The molecule has 2 fully saturated rings. The second kappa shape index (κ2) is 4.59. The fourth-order valence-corrected chi connectivity index (χ4v) is 3.95. The lowest BCUT2D eigenvalue weighted by Crippen LogP contribution is -2.42. The molecule has 0 radical (unpaired) electrons. The van der Waals surface area contributed by atoms with Crippen LogP contribution in [0.1, 0.15) is 29.1 Å². The molecule has 1 aromatic heterocycles. The molecule has 0 unspecified atom stereocenters. The molecular weight excluding hydrogens is 254 g/mol. The van der Waals surface area contributed by atoms with Crippen molar-refractivity contribution in [3.63, 3.8) is 0 Å². The van der Waals surface area contributed by atoms with Crippen molar-refractivity contribution >= 4 is 29.0 Å². The van der Waals surface area contributed by atoms with Crippen molar-refractivity contribution in [2.45, 2.75) is 41.6 Å². The fraction of sp³-hybridized carbons (Fsp3) is 0.636. The van der Waals surface area contributed by atoms with Gasteiger partial charge in [0.05, 0.1) is 10.4 Å². The zero-order chi connectivity index (χ0) is 11.8. The van der Waals surface area contributed by atoms with E-state index in [1.807, 2.05) is 6.26 Å². The summed E-state index contributed by atoms with van der Waals surface area (Å²) in [7, 11) is 0. The van der Waals surface area contributed by atoms with E-state index < -0.39 is 0 Å². The third kappa shape index (κ3) is 2.21. The Morgan fingerprint density at radius 3 is 3.12 bits per heavy atom. The van der Waals surface area contributed by atoms with Crippen molar-refractivity contribution in [1.29, 1.82) is 0 Å². The molecule has 17 heavy (non-hydrogen) atoms. The first-order chi connectivity index (χ1) is 8.26. The van der Waals surface area contributed by atoms with Gasteiger partial charge in [-0.3, -0.25) is 4.79 Å². The highest BCUT2D eigenvalue weighted by Gasteiger charge is 2.39. The Labute approximate surface area is 109 Å². The summed E-state index contributed by atoms with van der Waals surface area (Å²) < 4.78 is 1.08. The Morgan fingerprint density at radius 1 is 1.65 bits per heavy atom. The maximum atomic E-state index is 12.0. The Morgan fingerprint density at radius 2 is 2.53 bits per heavy atom. The highest BCUT2D eigenvalue weighted by atomic mass is 32.2. The minimum absolute atomic E-state index is 0.0188. The van der Waals surface area contributed by atoms with E-state index in [1.165, 1.54) is 24.2 Å². The lowest BCUT2D eigenvalue weighted by Gasteiger charge is -2.20. The standard InChI is InChI=1S/C11H15N3OS2/c1-16-9-5-12-11(17-9)10(15)14-8-4-6-2-3-7(8)13-6/h5-8,13H,2-4H2,1H3,(H,14,15)/t6-,7+,8-/m1/s1. The summed E-state index contributed by atoms with van der Waals surface area (Å²) in [6.07, 6.45) is 7.27. The van der Waals surface area contributed by atoms with E-state index in [1.54, 1.807) is 18.0 Å². The summed E-state index contributed by atoms with van der Waals surface area (Å²) in [4.78, 5) is 16.2. The number of hydrogen-bond acceptors (Lipinski definition) is 5. The number of nitrogens with zero attached hydrogens (tertiary/aromatic N) is 1. The van der Waals surface area contributed by atoms with Crippen molar-refractivity contribution in [3.8, 4) is 0 Å². The highest BCUT2D eigenvalue weighted by molar-refractivity contribution is 8.00. The van der Waals surface area contributed by atoms with Gasteiger partial charge < -0.3 is 10.6 Å². The average molecular weight is 269 g/mol. The molecule has 3 atom stereocenters. The van der Waals surface area contributed by atoms with E-state index in [0.29, 0.717) is 23.1 Å². The van der Waals surface area contributed by atoms with Gasteiger partial charge in [-0.25, -0.2) is 4.98 Å². The summed E-state index contributed by atoms with van der Waals surface area (Å²) >= 11 is 3.09. The van der Waals surface area contributed by atoms with Crippen LogP contribution in [0.5, 0.6) is 0 Å². The Balaban J connectivity index is 1.63. The molecule has 2 bridgehead atoms. The summed E-state index contributed by atoms with van der Waals surface area (Å²) in [6, 6.07) is 1.38. The van der Waals surface area contributed by atoms with Crippen molar-refractivity contribution in [2.24, 2.45) is 0 Å². The quantitative estimate of drug-likeness (QED) is 0.816. The van der Waals surface area contributed by atoms with Gasteiger partial charge in [-0.2, -0.15) is 0 Å². The Bertz CT molecular complexity index is 434. The second-order valence-corrected chi connectivity index (χ2v) is 6.69. The van der Waals surface area contributed by atoms with Crippen LogP contribution in [-0.2, 0) is 0 Å². The molecule has 0 saturated carbocycles.